The van der Waals surface area contributed by atoms with E-state index in [-0.39, 0.29) is 0 Å². The van der Waals surface area contributed by atoms with Gasteiger partial charge >= 0.3 is 10.4 Å². The van der Waals surface area contributed by atoms with Crippen molar-refractivity contribution in [3.63, 3.8) is 0 Å². The monoisotopic (exact) mass is 445 g/mol. The Morgan fingerprint density at radius 3 is 2.48 bits per heavy atom. The highest BCUT2D eigenvalue weighted by molar-refractivity contribution is 7.80. The highest BCUT2D eigenvalue weighted by Crippen LogP contribution is 2.62. The predicted octanol–water partition coefficient (Wildman–Crippen LogP) is 5.34. The van der Waals surface area contributed by atoms with E-state index < -0.39 is 16.5 Å². The third-order valence-electron chi connectivity index (χ3n) is 7.55. The Balaban J connectivity index is 0.000000334. The average molecular weight is 446 g/mol. The van der Waals surface area contributed by atoms with Crippen molar-refractivity contribution in [2.75, 3.05) is 7.11 Å². The molecule has 6 nitrogen and oxygen atoms in total. The van der Waals surface area contributed by atoms with E-state index in [2.05, 4.69) is 18.0 Å². The van der Waals surface area contributed by atoms with Crippen LogP contribution in [0.15, 0.2) is 48.8 Å². The summed E-state index contributed by atoms with van der Waals surface area (Å²) in [5.74, 6) is 2.14. The molecule has 1 heterocycles. The molecule has 5 atom stereocenters. The minimum Gasteiger partial charge on any atom is -0.497 e. The van der Waals surface area contributed by atoms with Gasteiger partial charge in [-0.25, -0.2) is 4.18 Å². The van der Waals surface area contributed by atoms with E-state index in [0.29, 0.717) is 35.3 Å². The summed E-state index contributed by atoms with van der Waals surface area (Å²) in [5.41, 5.74) is 2.38. The van der Waals surface area contributed by atoms with Gasteiger partial charge in [0.25, 0.3) is 0 Å². The average Bonchev–Trinajstić information content (AvgIpc) is 3.16. The van der Waals surface area contributed by atoms with Gasteiger partial charge in [0.05, 0.1) is 7.11 Å². The van der Waals surface area contributed by atoms with Crippen LogP contribution < -0.4 is 4.74 Å². The first kappa shape index (κ1) is 22.2. The van der Waals surface area contributed by atoms with Crippen LogP contribution in [0.3, 0.4) is 0 Å². The molecule has 1 N–H and O–H groups in total. The molecule has 0 unspecified atom stereocenters. The Kier molecular flexibility index (Phi) is 6.37. The lowest BCUT2D eigenvalue weighted by atomic mass is 9.55. The van der Waals surface area contributed by atoms with Crippen molar-refractivity contribution < 1.29 is 21.9 Å². The predicted molar refractivity (Wildman–Crippen MR) is 118 cm³/mol. The SMILES string of the molecule is COc1ccc2c(c1)[C@@H](OS(=O)(=O)O)C[C@@H]1[C@@H]2CC[C@]2(C)CCC[C@@H]12.c1ccncc1. The number of pyridine rings is 1. The number of nitrogens with zero attached hydrogens (tertiary/aromatic N) is 1. The first-order valence-electron chi connectivity index (χ1n) is 11.0. The Morgan fingerprint density at radius 1 is 1.10 bits per heavy atom. The molecule has 3 aliphatic carbocycles. The molecule has 0 spiro atoms. The highest BCUT2D eigenvalue weighted by atomic mass is 32.3. The molecular formula is C24H31NO5S. The van der Waals surface area contributed by atoms with Gasteiger partial charge < -0.3 is 4.74 Å². The minimum atomic E-state index is -4.50. The molecule has 0 saturated heterocycles. The van der Waals surface area contributed by atoms with Crippen LogP contribution in [0.1, 0.15) is 68.6 Å². The molecule has 31 heavy (non-hydrogen) atoms. The van der Waals surface area contributed by atoms with Crippen LogP contribution in [0.5, 0.6) is 5.75 Å². The van der Waals surface area contributed by atoms with Crippen molar-refractivity contribution in [3.05, 3.63) is 59.9 Å². The maximum absolute atomic E-state index is 11.4. The van der Waals surface area contributed by atoms with Gasteiger partial charge in [-0.2, -0.15) is 8.42 Å². The normalized spacial score (nSPS) is 31.5. The number of fused-ring (bicyclic) bond motifs is 5. The fourth-order valence-electron chi connectivity index (χ4n) is 6.22. The summed E-state index contributed by atoms with van der Waals surface area (Å²) in [5, 5.41) is 0. The van der Waals surface area contributed by atoms with Crippen LogP contribution in [0.4, 0.5) is 0 Å². The smallest absolute Gasteiger partial charge is 0.397 e. The van der Waals surface area contributed by atoms with Crippen LogP contribution in [0.25, 0.3) is 0 Å². The zero-order valence-corrected chi connectivity index (χ0v) is 18.9. The van der Waals surface area contributed by atoms with Crippen molar-refractivity contribution in [3.8, 4) is 5.75 Å². The van der Waals surface area contributed by atoms with Crippen molar-refractivity contribution >= 4 is 10.4 Å². The lowest BCUT2D eigenvalue weighted by Crippen LogP contribution is -2.41. The molecule has 1 aromatic carbocycles. The quantitative estimate of drug-likeness (QED) is 0.642. The van der Waals surface area contributed by atoms with Gasteiger partial charge in [0.15, 0.2) is 0 Å². The van der Waals surface area contributed by atoms with Gasteiger partial charge in [-0.15, -0.1) is 0 Å². The number of rotatable bonds is 3. The Hall–Kier alpha value is -1.96. The Morgan fingerprint density at radius 2 is 1.87 bits per heavy atom. The van der Waals surface area contributed by atoms with E-state index in [1.807, 2.05) is 30.3 Å². The molecule has 1 aromatic heterocycles. The molecule has 5 rings (SSSR count). The lowest BCUT2D eigenvalue weighted by molar-refractivity contribution is 0.0243. The van der Waals surface area contributed by atoms with Gasteiger partial charge in [0, 0.05) is 12.4 Å². The highest BCUT2D eigenvalue weighted by Gasteiger charge is 2.52. The van der Waals surface area contributed by atoms with E-state index >= 15 is 0 Å². The molecule has 2 fully saturated rings. The number of methoxy groups -OCH3 is 1. The summed E-state index contributed by atoms with van der Waals surface area (Å²) in [6, 6.07) is 11.6. The first-order chi connectivity index (χ1) is 14.8. The van der Waals surface area contributed by atoms with E-state index in [4.69, 9.17) is 8.92 Å². The third kappa shape index (κ3) is 4.78. The van der Waals surface area contributed by atoms with Gasteiger partial charge in [-0.3, -0.25) is 9.54 Å². The second kappa shape index (κ2) is 8.88. The molecule has 2 saturated carbocycles. The van der Waals surface area contributed by atoms with E-state index in [1.54, 1.807) is 19.5 Å². The molecule has 0 radical (unpaired) electrons. The zero-order chi connectivity index (χ0) is 22.1. The summed E-state index contributed by atoms with van der Waals surface area (Å²) in [6.45, 7) is 2.39. The molecule has 2 aromatic rings. The van der Waals surface area contributed by atoms with Crippen LogP contribution >= 0.6 is 0 Å². The minimum absolute atomic E-state index is 0.369. The van der Waals surface area contributed by atoms with Gasteiger partial charge in [-0.05, 0) is 90.7 Å². The van der Waals surface area contributed by atoms with Gasteiger partial charge in [0.1, 0.15) is 11.9 Å². The third-order valence-corrected chi connectivity index (χ3v) is 8.02. The maximum Gasteiger partial charge on any atom is 0.397 e. The summed E-state index contributed by atoms with van der Waals surface area (Å²) < 4.78 is 42.5. The molecular weight excluding hydrogens is 414 g/mol. The standard InChI is InChI=1S/C19H26O5S.C5H5N/c1-19-8-3-4-17(19)15-11-18(24-25(20,21)22)16-10-12(23-2)5-6-13(16)14(15)7-9-19;1-2-4-6-5-3-1/h5-6,10,14-15,17-18H,3-4,7-9,11H2,1-2H3,(H,20,21,22);1-5H/t14-,15-,17+,18+,19+;/m1./s1. The van der Waals surface area contributed by atoms with Gasteiger partial charge in [0.2, 0.25) is 0 Å². The van der Waals surface area contributed by atoms with Crippen LogP contribution in [-0.2, 0) is 14.6 Å². The number of aromatic nitrogens is 1. The summed E-state index contributed by atoms with van der Waals surface area (Å²) in [4.78, 5) is 3.78. The first-order valence-corrected chi connectivity index (χ1v) is 12.4. The Bertz CT molecular complexity index is 970. The largest absolute Gasteiger partial charge is 0.497 e. The Labute approximate surface area is 185 Å². The summed E-state index contributed by atoms with van der Waals surface area (Å²) >= 11 is 0. The number of hydrogen-bond donors (Lipinski definition) is 1. The summed E-state index contributed by atoms with van der Waals surface area (Å²) in [7, 11) is -2.91. The van der Waals surface area contributed by atoms with Crippen LogP contribution in [0.2, 0.25) is 0 Å². The van der Waals surface area contributed by atoms with Crippen molar-refractivity contribution in [2.45, 2.75) is 57.5 Å². The number of benzene rings is 1. The van der Waals surface area contributed by atoms with Crippen LogP contribution in [0, 0.1) is 17.3 Å². The fourth-order valence-corrected chi connectivity index (χ4v) is 6.69. The topological polar surface area (TPSA) is 85.7 Å². The van der Waals surface area contributed by atoms with E-state index in [1.165, 1.54) is 31.2 Å². The zero-order valence-electron chi connectivity index (χ0n) is 18.1. The number of ether oxygens (including phenoxy) is 1. The molecule has 0 aliphatic heterocycles. The molecule has 168 valence electrons. The van der Waals surface area contributed by atoms with Crippen LogP contribution in [-0.4, -0.2) is 25.1 Å². The van der Waals surface area contributed by atoms with E-state index in [0.717, 1.165) is 12.0 Å². The molecule has 0 bridgehead atoms. The molecule has 0 amide bonds. The second-order valence-corrected chi connectivity index (χ2v) is 10.3. The van der Waals surface area contributed by atoms with Crippen molar-refractivity contribution in [1.29, 1.82) is 0 Å². The number of hydrogen-bond acceptors (Lipinski definition) is 5. The van der Waals surface area contributed by atoms with Crippen molar-refractivity contribution in [1.82, 2.24) is 4.98 Å². The van der Waals surface area contributed by atoms with Gasteiger partial charge in [-0.1, -0.05) is 25.5 Å². The summed E-state index contributed by atoms with van der Waals surface area (Å²) in [6.07, 6.45) is 9.60. The maximum atomic E-state index is 11.4. The second-order valence-electron chi connectivity index (χ2n) is 9.23. The van der Waals surface area contributed by atoms with Crippen molar-refractivity contribution in [2.24, 2.45) is 17.3 Å². The fraction of sp³-hybridized carbons (Fsp3) is 0.542. The molecule has 3 aliphatic rings. The molecule has 7 heteroatoms. The van der Waals surface area contributed by atoms with E-state index in [9.17, 15) is 13.0 Å². The lowest BCUT2D eigenvalue weighted by Gasteiger charge is -2.50.